The van der Waals surface area contributed by atoms with Crippen LogP contribution >= 0.6 is 0 Å². The van der Waals surface area contributed by atoms with E-state index in [0.29, 0.717) is 11.2 Å². The average Bonchev–Trinajstić information content (AvgIpc) is 2.27. The molecule has 0 bridgehead atoms. The Morgan fingerprint density at radius 3 is 2.59 bits per heavy atom. The van der Waals surface area contributed by atoms with Crippen LogP contribution in [0.4, 0.5) is 5.69 Å². The van der Waals surface area contributed by atoms with Crippen molar-refractivity contribution >= 4 is 11.2 Å². The van der Waals surface area contributed by atoms with Crippen LogP contribution in [0.15, 0.2) is 35.3 Å². The average molecular weight is 226 g/mol. The molecule has 0 aliphatic heterocycles. The molecule has 3 nitrogen and oxygen atoms in total. The van der Waals surface area contributed by atoms with Gasteiger partial charge in [0.25, 0.3) is 5.56 Å². The fourth-order valence-corrected chi connectivity index (χ4v) is 1.76. The number of pyridine rings is 2. The first-order valence-corrected chi connectivity index (χ1v) is 5.47. The van der Waals surface area contributed by atoms with Crippen molar-refractivity contribution in [3.8, 4) is 0 Å². The molecule has 2 aromatic rings. The Balaban J connectivity index is 2.90. The normalized spacial score (nSPS) is 11.4. The van der Waals surface area contributed by atoms with E-state index in [1.54, 1.807) is 24.4 Å². The SMILES string of the molecule is [C-]#[N+]c1cccn2c(=O)cc(C(C)(C)C)cc12. The fraction of sp³-hybridized carbons (Fsp3) is 0.286. The summed E-state index contributed by atoms with van der Waals surface area (Å²) in [5.74, 6) is 0. The quantitative estimate of drug-likeness (QED) is 0.634. The van der Waals surface area contributed by atoms with Crippen molar-refractivity contribution in [1.29, 1.82) is 0 Å². The monoisotopic (exact) mass is 226 g/mol. The summed E-state index contributed by atoms with van der Waals surface area (Å²) in [4.78, 5) is 15.4. The zero-order valence-corrected chi connectivity index (χ0v) is 10.2. The second kappa shape index (κ2) is 3.74. The maximum absolute atomic E-state index is 12.0. The molecule has 0 aliphatic rings. The predicted molar refractivity (Wildman–Crippen MR) is 68.6 cm³/mol. The lowest BCUT2D eigenvalue weighted by atomic mass is 9.87. The molecule has 3 heteroatoms. The van der Waals surface area contributed by atoms with Crippen molar-refractivity contribution < 1.29 is 0 Å². The van der Waals surface area contributed by atoms with Gasteiger partial charge in [0.1, 0.15) is 0 Å². The molecular formula is C14H14N2O. The molecule has 0 unspecified atom stereocenters. The van der Waals surface area contributed by atoms with Gasteiger partial charge in [0.2, 0.25) is 5.69 Å². The highest BCUT2D eigenvalue weighted by atomic mass is 16.1. The summed E-state index contributed by atoms with van der Waals surface area (Å²) in [7, 11) is 0. The summed E-state index contributed by atoms with van der Waals surface area (Å²) in [5, 5.41) is 0. The molecule has 2 rings (SSSR count). The van der Waals surface area contributed by atoms with E-state index < -0.39 is 0 Å². The van der Waals surface area contributed by atoms with Gasteiger partial charge in [0.05, 0.1) is 12.1 Å². The number of hydrogen-bond acceptors (Lipinski definition) is 1. The van der Waals surface area contributed by atoms with Crippen LogP contribution in [0.5, 0.6) is 0 Å². The largest absolute Gasteiger partial charge is 0.294 e. The van der Waals surface area contributed by atoms with Crippen molar-refractivity contribution in [2.75, 3.05) is 0 Å². The third kappa shape index (κ3) is 1.94. The minimum atomic E-state index is -0.0942. The van der Waals surface area contributed by atoms with Gasteiger partial charge in [-0.2, -0.15) is 0 Å². The van der Waals surface area contributed by atoms with Gasteiger partial charge in [0.15, 0.2) is 0 Å². The van der Waals surface area contributed by atoms with Crippen LogP contribution in [0.1, 0.15) is 26.3 Å². The highest BCUT2D eigenvalue weighted by Gasteiger charge is 2.16. The van der Waals surface area contributed by atoms with Crippen LogP contribution in [0, 0.1) is 6.57 Å². The molecular weight excluding hydrogens is 212 g/mol. The second-order valence-electron chi connectivity index (χ2n) is 5.09. The Morgan fingerprint density at radius 2 is 2.00 bits per heavy atom. The third-order valence-electron chi connectivity index (χ3n) is 2.81. The standard InChI is InChI=1S/C14H14N2O/c1-14(2,3)10-8-12-11(15-4)6-5-7-16(12)13(17)9-10/h5-9H,1-3H3. The Kier molecular flexibility index (Phi) is 2.51. The number of hydrogen-bond donors (Lipinski definition) is 0. The maximum Gasteiger partial charge on any atom is 0.254 e. The molecule has 2 aromatic heterocycles. The van der Waals surface area contributed by atoms with E-state index in [4.69, 9.17) is 6.57 Å². The number of rotatable bonds is 0. The summed E-state index contributed by atoms with van der Waals surface area (Å²) in [6.45, 7) is 13.3. The van der Waals surface area contributed by atoms with Gasteiger partial charge in [-0.1, -0.05) is 32.9 Å². The Morgan fingerprint density at radius 1 is 1.29 bits per heavy atom. The molecule has 0 spiro atoms. The highest BCUT2D eigenvalue weighted by Crippen LogP contribution is 2.25. The topological polar surface area (TPSA) is 25.8 Å². The Hall–Kier alpha value is -2.08. The van der Waals surface area contributed by atoms with E-state index >= 15 is 0 Å². The maximum atomic E-state index is 12.0. The first-order chi connectivity index (χ1) is 7.93. The zero-order valence-electron chi connectivity index (χ0n) is 10.2. The minimum Gasteiger partial charge on any atom is -0.294 e. The second-order valence-corrected chi connectivity index (χ2v) is 5.09. The molecule has 0 aliphatic carbocycles. The Labute approximate surface area is 100 Å². The molecule has 86 valence electrons. The van der Waals surface area contributed by atoms with E-state index in [2.05, 4.69) is 25.6 Å². The van der Waals surface area contributed by atoms with Gasteiger partial charge in [-0.05, 0) is 17.0 Å². The fourth-order valence-electron chi connectivity index (χ4n) is 1.76. The molecule has 0 saturated carbocycles. The number of nitrogens with zero attached hydrogens (tertiary/aromatic N) is 2. The zero-order chi connectivity index (χ0) is 12.6. The molecule has 0 saturated heterocycles. The summed E-state index contributed by atoms with van der Waals surface area (Å²) in [5.41, 5.74) is 1.97. The molecule has 0 fully saturated rings. The number of aromatic nitrogens is 1. The van der Waals surface area contributed by atoms with Crippen molar-refractivity contribution in [2.45, 2.75) is 26.2 Å². The summed E-state index contributed by atoms with van der Waals surface area (Å²) >= 11 is 0. The van der Waals surface area contributed by atoms with Crippen LogP contribution in [-0.4, -0.2) is 4.40 Å². The van der Waals surface area contributed by atoms with Gasteiger partial charge >= 0.3 is 0 Å². The van der Waals surface area contributed by atoms with Gasteiger partial charge < -0.3 is 0 Å². The van der Waals surface area contributed by atoms with Gasteiger partial charge in [-0.3, -0.25) is 9.20 Å². The predicted octanol–water partition coefficient (Wildman–Crippen LogP) is 3.15. The first-order valence-electron chi connectivity index (χ1n) is 5.47. The molecule has 0 atom stereocenters. The molecule has 0 radical (unpaired) electrons. The first kappa shape index (κ1) is 11.4. The van der Waals surface area contributed by atoms with E-state index in [0.717, 1.165) is 5.56 Å². The van der Waals surface area contributed by atoms with E-state index in [-0.39, 0.29) is 11.0 Å². The van der Waals surface area contributed by atoms with E-state index in [9.17, 15) is 4.79 Å². The minimum absolute atomic E-state index is 0.0853. The van der Waals surface area contributed by atoms with E-state index in [1.165, 1.54) is 4.40 Å². The lowest BCUT2D eigenvalue weighted by Crippen LogP contribution is -2.19. The van der Waals surface area contributed by atoms with Crippen molar-refractivity contribution in [3.05, 3.63) is 57.8 Å². The van der Waals surface area contributed by atoms with Gasteiger partial charge in [-0.25, -0.2) is 4.85 Å². The third-order valence-corrected chi connectivity index (χ3v) is 2.81. The van der Waals surface area contributed by atoms with Crippen LogP contribution < -0.4 is 5.56 Å². The lowest BCUT2D eigenvalue weighted by Gasteiger charge is -2.19. The smallest absolute Gasteiger partial charge is 0.254 e. The molecule has 0 amide bonds. The van der Waals surface area contributed by atoms with Crippen LogP contribution in [0.2, 0.25) is 0 Å². The van der Waals surface area contributed by atoms with Crippen LogP contribution in [0.25, 0.3) is 10.4 Å². The Bertz CT molecular complexity index is 669. The van der Waals surface area contributed by atoms with Crippen LogP contribution in [-0.2, 0) is 5.41 Å². The summed E-state index contributed by atoms with van der Waals surface area (Å²) < 4.78 is 1.52. The lowest BCUT2D eigenvalue weighted by molar-refractivity contribution is 0.589. The van der Waals surface area contributed by atoms with Crippen molar-refractivity contribution in [3.63, 3.8) is 0 Å². The van der Waals surface area contributed by atoms with Crippen LogP contribution in [0.3, 0.4) is 0 Å². The highest BCUT2D eigenvalue weighted by molar-refractivity contribution is 5.73. The van der Waals surface area contributed by atoms with Gasteiger partial charge in [-0.15, -0.1) is 0 Å². The van der Waals surface area contributed by atoms with Crippen molar-refractivity contribution in [2.24, 2.45) is 0 Å². The molecule has 0 aromatic carbocycles. The van der Waals surface area contributed by atoms with E-state index in [1.807, 2.05) is 6.07 Å². The molecule has 0 N–H and O–H groups in total. The summed E-state index contributed by atoms with van der Waals surface area (Å²) in [6.07, 6.45) is 1.69. The summed E-state index contributed by atoms with van der Waals surface area (Å²) in [6, 6.07) is 7.02. The van der Waals surface area contributed by atoms with Gasteiger partial charge in [0, 0.05) is 12.3 Å². The number of fused-ring (bicyclic) bond motifs is 1. The van der Waals surface area contributed by atoms with Crippen molar-refractivity contribution in [1.82, 2.24) is 4.40 Å². The molecule has 2 heterocycles. The molecule has 17 heavy (non-hydrogen) atoms.